The molecule has 16 heteroatoms. The van der Waals surface area contributed by atoms with Gasteiger partial charge in [0, 0.05) is 47.1 Å². The van der Waals surface area contributed by atoms with Crippen molar-refractivity contribution in [2.75, 3.05) is 5.32 Å². The number of carbonyl (C=O) groups is 2. The van der Waals surface area contributed by atoms with Gasteiger partial charge in [-0.05, 0) is 70.7 Å². The largest absolute Gasteiger partial charge is 0.412 e. The van der Waals surface area contributed by atoms with Gasteiger partial charge in [-0.2, -0.15) is 0 Å². The zero-order chi connectivity index (χ0) is 31.4. The Kier molecular flexibility index (Phi) is 10.0. The van der Waals surface area contributed by atoms with E-state index in [4.69, 9.17) is 4.74 Å². The molecular weight excluding hydrogens is 664 g/mol. The summed E-state index contributed by atoms with van der Waals surface area (Å²) in [5.41, 5.74) is -0.0523. The Morgan fingerprint density at radius 2 is 1.77 bits per heavy atom. The van der Waals surface area contributed by atoms with Crippen LogP contribution in [0.25, 0.3) is 10.4 Å². The first-order valence-corrected chi connectivity index (χ1v) is 16.4. The van der Waals surface area contributed by atoms with Crippen molar-refractivity contribution in [1.29, 1.82) is 0 Å². The van der Waals surface area contributed by atoms with Gasteiger partial charge < -0.3 is 15.4 Å². The van der Waals surface area contributed by atoms with Crippen molar-refractivity contribution in [3.05, 3.63) is 63.8 Å². The Morgan fingerprint density at radius 3 is 2.37 bits per heavy atom. The van der Waals surface area contributed by atoms with Crippen LogP contribution in [0.5, 0.6) is 5.75 Å². The molecule has 1 aromatic heterocycles. The molecule has 1 fully saturated rings. The summed E-state index contributed by atoms with van der Waals surface area (Å²) in [6.45, 7) is 5.24. The van der Waals surface area contributed by atoms with E-state index in [-0.39, 0.29) is 28.3 Å². The van der Waals surface area contributed by atoms with Crippen molar-refractivity contribution < 1.29 is 27.7 Å². The lowest BCUT2D eigenvalue weighted by Gasteiger charge is -2.27. The molecule has 1 saturated carbocycles. The van der Waals surface area contributed by atoms with E-state index in [1.165, 1.54) is 41.7 Å². The van der Waals surface area contributed by atoms with Gasteiger partial charge in [0.05, 0.1) is 35.9 Å². The second-order valence-corrected chi connectivity index (χ2v) is 14.1. The molecule has 1 aliphatic rings. The van der Waals surface area contributed by atoms with Crippen LogP contribution in [-0.4, -0.2) is 42.0 Å². The van der Waals surface area contributed by atoms with Crippen LogP contribution in [0.4, 0.5) is 21.0 Å². The van der Waals surface area contributed by atoms with Gasteiger partial charge in [0.25, 0.3) is 5.69 Å². The van der Waals surface area contributed by atoms with E-state index >= 15 is 0 Å². The van der Waals surface area contributed by atoms with E-state index in [9.17, 15) is 28.1 Å². The fourth-order valence-corrected chi connectivity index (χ4v) is 7.62. The minimum Gasteiger partial charge on any atom is -0.410 e. The number of nitrogens with zero attached hydrogens (tertiary/aromatic N) is 2. The molecule has 0 atom stereocenters. The highest BCUT2D eigenvalue weighted by Gasteiger charge is 2.29. The summed E-state index contributed by atoms with van der Waals surface area (Å²) in [5.74, 6) is 0.347. The zero-order valence-electron chi connectivity index (χ0n) is 23.5. The zero-order valence-corrected chi connectivity index (χ0v) is 26.8. The van der Waals surface area contributed by atoms with Crippen molar-refractivity contribution in [3.8, 4) is 16.2 Å². The lowest BCUT2D eigenvalue weighted by atomic mass is 9.86. The molecule has 1 aliphatic carbocycles. The normalized spacial score (nSPS) is 17.1. The Hall–Kier alpha value is -3.60. The summed E-state index contributed by atoms with van der Waals surface area (Å²) in [6, 6.07) is 9.31. The predicted molar refractivity (Wildman–Crippen MR) is 166 cm³/mol. The van der Waals surface area contributed by atoms with Crippen LogP contribution in [0.3, 0.4) is 0 Å². The van der Waals surface area contributed by atoms with Crippen LogP contribution < -0.4 is 24.4 Å². The van der Waals surface area contributed by atoms with E-state index in [1.54, 1.807) is 39.1 Å². The summed E-state index contributed by atoms with van der Waals surface area (Å²) in [4.78, 5) is 39.7. The maximum atomic E-state index is 13.4. The summed E-state index contributed by atoms with van der Waals surface area (Å²) in [7, 11) is -3.96. The molecule has 4 rings (SSSR count). The predicted octanol–water partition coefficient (Wildman–Crippen LogP) is 6.04. The number of sulfonamides is 1. The summed E-state index contributed by atoms with van der Waals surface area (Å²) in [5, 5.41) is 17.1. The number of rotatable bonds is 8. The maximum Gasteiger partial charge on any atom is 0.412 e. The van der Waals surface area contributed by atoms with Gasteiger partial charge in [0.2, 0.25) is 10.0 Å². The monoisotopic (exact) mass is 694 g/mol. The number of hydrogen-bond donors (Lipinski definition) is 4. The average Bonchev–Trinajstić information content (AvgIpc) is 3.42. The highest BCUT2D eigenvalue weighted by atomic mass is 79.9. The van der Waals surface area contributed by atoms with Gasteiger partial charge in [-0.3, -0.25) is 14.5 Å². The number of thiazole rings is 1. The lowest BCUT2D eigenvalue weighted by molar-refractivity contribution is -0.384. The molecular formula is C27H31BrN6O7S2. The minimum atomic E-state index is -3.96. The van der Waals surface area contributed by atoms with E-state index in [0.717, 1.165) is 17.8 Å². The molecule has 2 aromatic carbocycles. The number of carbonyl (C=O) groups excluding carboxylic acids is 2. The minimum absolute atomic E-state index is 0.0180. The van der Waals surface area contributed by atoms with E-state index in [1.807, 2.05) is 0 Å². The number of nitro groups is 1. The third-order valence-corrected chi connectivity index (χ3v) is 9.85. The Labute approximate surface area is 261 Å². The van der Waals surface area contributed by atoms with Gasteiger partial charge in [0.15, 0.2) is 0 Å². The maximum absolute atomic E-state index is 13.4. The SMILES string of the molecule is CC(C)(C)NS(=O)(=O)c1cc(NC(=O)NBr)ccc1-c1cnc(C2CCC(NC(=O)Oc3ccc([N+](=O)[O-])cc3)CC2)s1. The van der Waals surface area contributed by atoms with Gasteiger partial charge in [0.1, 0.15) is 5.75 Å². The Balaban J connectivity index is 1.43. The van der Waals surface area contributed by atoms with E-state index in [0.29, 0.717) is 29.0 Å². The van der Waals surface area contributed by atoms with E-state index in [2.05, 4.69) is 40.8 Å². The second kappa shape index (κ2) is 13.4. The summed E-state index contributed by atoms with van der Waals surface area (Å²) in [6.07, 6.45) is 3.95. The molecule has 4 N–H and O–H groups in total. The van der Waals surface area contributed by atoms with Crippen LogP contribution in [-0.2, 0) is 10.0 Å². The smallest absolute Gasteiger partial charge is 0.410 e. The molecule has 230 valence electrons. The third-order valence-electron chi connectivity index (χ3n) is 6.50. The number of halogens is 1. The van der Waals surface area contributed by atoms with Gasteiger partial charge >= 0.3 is 12.1 Å². The first kappa shape index (κ1) is 32.3. The Morgan fingerprint density at radius 1 is 1.09 bits per heavy atom. The third kappa shape index (κ3) is 8.72. The number of hydrogen-bond acceptors (Lipinski definition) is 9. The molecule has 0 saturated heterocycles. The number of amides is 3. The van der Waals surface area contributed by atoms with Crippen molar-refractivity contribution in [2.45, 2.75) is 68.8 Å². The fourth-order valence-electron chi connectivity index (χ4n) is 4.66. The lowest BCUT2D eigenvalue weighted by Crippen LogP contribution is -2.40. The van der Waals surface area contributed by atoms with Crippen LogP contribution in [0, 0.1) is 10.1 Å². The number of aromatic nitrogens is 1. The van der Waals surface area contributed by atoms with Crippen LogP contribution in [0.1, 0.15) is 57.4 Å². The van der Waals surface area contributed by atoms with Crippen molar-refractivity contribution in [1.82, 2.24) is 19.4 Å². The topological polar surface area (TPSA) is 182 Å². The number of benzene rings is 2. The molecule has 3 amide bonds. The standard InChI is InChI=1S/C27H31BrN6O7S2/c1-27(2,3)33-43(39,40)23-14-18(30-25(35)32-28)8-13-21(23)22-15-29-24(42-22)16-4-6-17(7-5-16)31-26(36)41-20-11-9-19(10-12-20)34(37)38/h8-17,33H,4-7H2,1-3H3,(H,31,36)(H2,30,32,35). The summed E-state index contributed by atoms with van der Waals surface area (Å²) >= 11 is 4.27. The first-order valence-electron chi connectivity index (χ1n) is 13.3. The molecule has 0 bridgehead atoms. The number of non-ortho nitro benzene ring substituents is 1. The molecule has 1 heterocycles. The molecule has 0 unspecified atom stereocenters. The molecule has 13 nitrogen and oxygen atoms in total. The van der Waals surface area contributed by atoms with Crippen molar-refractivity contribution in [3.63, 3.8) is 0 Å². The summed E-state index contributed by atoms with van der Waals surface area (Å²) < 4.78 is 37.0. The van der Waals surface area contributed by atoms with Gasteiger partial charge in [-0.25, -0.2) is 27.7 Å². The molecule has 0 aliphatic heterocycles. The molecule has 3 aromatic rings. The second-order valence-electron chi connectivity index (χ2n) is 11.0. The van der Waals surface area contributed by atoms with Gasteiger partial charge in [-0.1, -0.05) is 6.07 Å². The first-order chi connectivity index (χ1) is 20.2. The number of ether oxygens (including phenoxy) is 1. The molecule has 0 spiro atoms. The van der Waals surface area contributed by atoms with Crippen LogP contribution in [0.15, 0.2) is 53.6 Å². The van der Waals surface area contributed by atoms with Crippen molar-refractivity contribution >= 4 is 61.0 Å². The molecule has 43 heavy (non-hydrogen) atoms. The quantitative estimate of drug-likeness (QED) is 0.125. The number of nitrogens with one attached hydrogen (secondary N) is 4. The van der Waals surface area contributed by atoms with Gasteiger partial charge in [-0.15, -0.1) is 11.3 Å². The Bertz CT molecular complexity index is 1600. The number of urea groups is 1. The molecule has 0 radical (unpaired) electrons. The van der Waals surface area contributed by atoms with E-state index < -0.39 is 32.6 Å². The highest BCUT2D eigenvalue weighted by Crippen LogP contribution is 2.40. The van der Waals surface area contributed by atoms with Crippen LogP contribution in [0.2, 0.25) is 0 Å². The fraction of sp³-hybridized carbons (Fsp3) is 0.370. The number of nitro benzene ring substituents is 1. The van der Waals surface area contributed by atoms with Crippen molar-refractivity contribution in [2.24, 2.45) is 0 Å². The number of anilines is 1. The van der Waals surface area contributed by atoms with Crippen LogP contribution >= 0.6 is 27.5 Å². The highest BCUT2D eigenvalue weighted by molar-refractivity contribution is 9.08. The average molecular weight is 696 g/mol.